The fraction of sp³-hybridized carbons (Fsp3) is 0.167. The van der Waals surface area contributed by atoms with Gasteiger partial charge in [0.1, 0.15) is 0 Å². The monoisotopic (exact) mass is 188 g/mol. The van der Waals surface area contributed by atoms with Gasteiger partial charge in [-0.05, 0) is 30.5 Å². The van der Waals surface area contributed by atoms with Crippen LogP contribution in [0.4, 0.5) is 11.4 Å². The summed E-state index contributed by atoms with van der Waals surface area (Å²) >= 11 is 0. The lowest BCUT2D eigenvalue weighted by molar-refractivity contribution is 1.01. The molecule has 0 aliphatic heterocycles. The third-order valence-electron chi connectivity index (χ3n) is 2.08. The first-order valence-electron chi connectivity index (χ1n) is 4.66. The lowest BCUT2D eigenvalue weighted by atomic mass is 10.1. The minimum atomic E-state index is 0.775. The summed E-state index contributed by atoms with van der Waals surface area (Å²) in [4.78, 5) is 0. The molecule has 0 aliphatic carbocycles. The molecule has 1 rings (SSSR count). The molecule has 0 heterocycles. The molecule has 2 heteroatoms. The molecule has 1 aromatic carbocycles. The second kappa shape index (κ2) is 5.12. The molecule has 0 atom stereocenters. The van der Waals surface area contributed by atoms with Gasteiger partial charge in [0, 0.05) is 11.4 Å². The molecule has 0 bridgehead atoms. The van der Waals surface area contributed by atoms with Crippen LogP contribution in [0, 0.1) is 0 Å². The smallest absolute Gasteiger partial charge is 0.0367 e. The Bertz CT molecular complexity index is 320. The molecule has 0 fully saturated rings. The molecule has 1 aromatic rings. The molecular weight excluding hydrogens is 172 g/mol. The Labute approximate surface area is 84.9 Å². The van der Waals surface area contributed by atoms with Crippen LogP contribution in [-0.2, 0) is 6.42 Å². The number of allylic oxidation sites excluding steroid dienone is 3. The third kappa shape index (κ3) is 2.66. The fourth-order valence-corrected chi connectivity index (χ4v) is 1.33. The molecule has 74 valence electrons. The van der Waals surface area contributed by atoms with E-state index in [2.05, 4.69) is 12.7 Å². The topological polar surface area (TPSA) is 52.0 Å². The molecule has 14 heavy (non-hydrogen) atoms. The van der Waals surface area contributed by atoms with Crippen molar-refractivity contribution in [3.63, 3.8) is 0 Å². The van der Waals surface area contributed by atoms with Gasteiger partial charge in [0.2, 0.25) is 0 Å². The van der Waals surface area contributed by atoms with E-state index in [1.54, 1.807) is 6.08 Å². The van der Waals surface area contributed by atoms with Crippen LogP contribution in [0.2, 0.25) is 0 Å². The van der Waals surface area contributed by atoms with E-state index in [0.29, 0.717) is 0 Å². The molecule has 0 amide bonds. The largest absolute Gasteiger partial charge is 0.398 e. The second-order valence-electron chi connectivity index (χ2n) is 3.12. The highest BCUT2D eigenvalue weighted by molar-refractivity contribution is 5.61. The second-order valence-corrected chi connectivity index (χ2v) is 3.12. The van der Waals surface area contributed by atoms with Crippen LogP contribution in [0.5, 0.6) is 0 Å². The van der Waals surface area contributed by atoms with E-state index in [4.69, 9.17) is 11.5 Å². The number of hydrogen-bond donors (Lipinski definition) is 2. The molecule has 0 unspecified atom stereocenters. The van der Waals surface area contributed by atoms with Crippen LogP contribution in [0.25, 0.3) is 0 Å². The number of rotatable bonds is 4. The van der Waals surface area contributed by atoms with Crippen LogP contribution in [0.15, 0.2) is 43.0 Å². The summed E-state index contributed by atoms with van der Waals surface area (Å²) in [7, 11) is 0. The standard InChI is InChI=1S/C12H16N2/c1-2-3-4-5-7-10-11(13)8-6-9-12(10)14/h2-4,6,8-9H,1,5,7,13-14H2. The number of hydrogen-bond acceptors (Lipinski definition) is 2. The number of anilines is 2. The summed E-state index contributed by atoms with van der Waals surface area (Å²) in [5, 5.41) is 0. The van der Waals surface area contributed by atoms with Gasteiger partial charge in [-0.1, -0.05) is 30.9 Å². The van der Waals surface area contributed by atoms with E-state index in [9.17, 15) is 0 Å². The SMILES string of the molecule is C=CC=CCCc1c(N)cccc1N. The van der Waals surface area contributed by atoms with Gasteiger partial charge in [-0.2, -0.15) is 0 Å². The highest BCUT2D eigenvalue weighted by Crippen LogP contribution is 2.20. The van der Waals surface area contributed by atoms with Gasteiger partial charge in [-0.25, -0.2) is 0 Å². The molecule has 0 radical (unpaired) electrons. The van der Waals surface area contributed by atoms with Gasteiger partial charge in [0.15, 0.2) is 0 Å². The normalized spacial score (nSPS) is 10.6. The van der Waals surface area contributed by atoms with Gasteiger partial charge in [0.05, 0.1) is 0 Å². The summed E-state index contributed by atoms with van der Waals surface area (Å²) in [6, 6.07) is 5.62. The van der Waals surface area contributed by atoms with Crippen LogP contribution in [0.3, 0.4) is 0 Å². The Morgan fingerprint density at radius 1 is 1.21 bits per heavy atom. The highest BCUT2D eigenvalue weighted by atomic mass is 14.6. The van der Waals surface area contributed by atoms with Gasteiger partial charge < -0.3 is 11.5 Å². The van der Waals surface area contributed by atoms with Crippen molar-refractivity contribution in [3.8, 4) is 0 Å². The zero-order valence-electron chi connectivity index (χ0n) is 8.24. The minimum Gasteiger partial charge on any atom is -0.398 e. The Morgan fingerprint density at radius 3 is 2.43 bits per heavy atom. The van der Waals surface area contributed by atoms with E-state index in [0.717, 1.165) is 29.8 Å². The summed E-state index contributed by atoms with van der Waals surface area (Å²) < 4.78 is 0. The van der Waals surface area contributed by atoms with Crippen LogP contribution in [0.1, 0.15) is 12.0 Å². The maximum Gasteiger partial charge on any atom is 0.0367 e. The fourth-order valence-electron chi connectivity index (χ4n) is 1.33. The van der Waals surface area contributed by atoms with Gasteiger partial charge in [0.25, 0.3) is 0 Å². The molecule has 4 N–H and O–H groups in total. The molecule has 0 saturated carbocycles. The molecule has 0 aliphatic rings. The van der Waals surface area contributed by atoms with Crippen LogP contribution in [-0.4, -0.2) is 0 Å². The predicted molar refractivity (Wildman–Crippen MR) is 62.9 cm³/mol. The van der Waals surface area contributed by atoms with Gasteiger partial charge in [-0.3, -0.25) is 0 Å². The number of nitrogen functional groups attached to an aromatic ring is 2. The van der Waals surface area contributed by atoms with Crippen molar-refractivity contribution in [3.05, 3.63) is 48.6 Å². The predicted octanol–water partition coefficient (Wildman–Crippen LogP) is 2.53. The van der Waals surface area contributed by atoms with Crippen molar-refractivity contribution in [2.45, 2.75) is 12.8 Å². The van der Waals surface area contributed by atoms with E-state index in [1.807, 2.05) is 24.3 Å². The minimum absolute atomic E-state index is 0.775. The maximum atomic E-state index is 5.81. The Morgan fingerprint density at radius 2 is 1.86 bits per heavy atom. The van der Waals surface area contributed by atoms with Crippen molar-refractivity contribution in [2.75, 3.05) is 11.5 Å². The van der Waals surface area contributed by atoms with E-state index in [-0.39, 0.29) is 0 Å². The Balaban J connectivity index is 2.66. The molecule has 0 saturated heterocycles. The first-order chi connectivity index (χ1) is 6.75. The van der Waals surface area contributed by atoms with Crippen LogP contribution >= 0.6 is 0 Å². The zero-order valence-corrected chi connectivity index (χ0v) is 8.24. The maximum absolute atomic E-state index is 5.81. The lowest BCUT2D eigenvalue weighted by Gasteiger charge is -2.06. The summed E-state index contributed by atoms with van der Waals surface area (Å²) in [6.45, 7) is 3.60. The highest BCUT2D eigenvalue weighted by Gasteiger charge is 2.01. The average molecular weight is 188 g/mol. The number of nitrogens with two attached hydrogens (primary N) is 2. The molecule has 0 spiro atoms. The van der Waals surface area contributed by atoms with Crippen LogP contribution < -0.4 is 11.5 Å². The van der Waals surface area contributed by atoms with Crippen molar-refractivity contribution in [1.82, 2.24) is 0 Å². The van der Waals surface area contributed by atoms with Gasteiger partial charge >= 0.3 is 0 Å². The van der Waals surface area contributed by atoms with Gasteiger partial charge in [-0.15, -0.1) is 0 Å². The molecule has 0 aromatic heterocycles. The summed E-state index contributed by atoms with van der Waals surface area (Å²) in [5.41, 5.74) is 14.2. The quantitative estimate of drug-likeness (QED) is 0.563. The molecular formula is C12H16N2. The van der Waals surface area contributed by atoms with E-state index in [1.165, 1.54) is 0 Å². The lowest BCUT2D eigenvalue weighted by Crippen LogP contribution is -1.99. The van der Waals surface area contributed by atoms with Crippen molar-refractivity contribution < 1.29 is 0 Å². The third-order valence-corrected chi connectivity index (χ3v) is 2.08. The summed E-state index contributed by atoms with van der Waals surface area (Å²) in [6.07, 6.45) is 7.55. The van der Waals surface area contributed by atoms with E-state index >= 15 is 0 Å². The Hall–Kier alpha value is -1.70. The summed E-state index contributed by atoms with van der Waals surface area (Å²) in [5.74, 6) is 0. The number of benzene rings is 1. The zero-order chi connectivity index (χ0) is 10.4. The van der Waals surface area contributed by atoms with Crippen molar-refractivity contribution in [1.29, 1.82) is 0 Å². The molecule has 2 nitrogen and oxygen atoms in total. The Kier molecular flexibility index (Phi) is 3.80. The van der Waals surface area contributed by atoms with Crippen molar-refractivity contribution in [2.24, 2.45) is 0 Å². The van der Waals surface area contributed by atoms with Crippen molar-refractivity contribution >= 4 is 11.4 Å². The average Bonchev–Trinajstić information content (AvgIpc) is 2.16. The first-order valence-corrected chi connectivity index (χ1v) is 4.66. The van der Waals surface area contributed by atoms with E-state index < -0.39 is 0 Å². The first kappa shape index (κ1) is 10.4.